The molecule has 4 heteroatoms. The van der Waals surface area contributed by atoms with E-state index < -0.39 is 0 Å². The van der Waals surface area contributed by atoms with Crippen molar-refractivity contribution in [3.8, 4) is 0 Å². The van der Waals surface area contributed by atoms with E-state index in [0.29, 0.717) is 12.6 Å². The Labute approximate surface area is 110 Å². The second-order valence-electron chi connectivity index (χ2n) is 5.45. The molecule has 3 atom stereocenters. The molecule has 1 aliphatic heterocycles. The van der Waals surface area contributed by atoms with Crippen LogP contribution in [0.1, 0.15) is 39.0 Å². The maximum absolute atomic E-state index is 11.8. The minimum atomic E-state index is -0.190. The predicted octanol–water partition coefficient (Wildman–Crippen LogP) is 1.83. The zero-order chi connectivity index (χ0) is 13.0. The molecule has 1 aliphatic carbocycles. The topological polar surface area (TPSA) is 38.8 Å². The molecule has 0 aromatic carbocycles. The highest BCUT2D eigenvalue weighted by Gasteiger charge is 2.36. The lowest BCUT2D eigenvalue weighted by Crippen LogP contribution is -2.55. The average Bonchev–Trinajstić information content (AvgIpc) is 2.46. The van der Waals surface area contributed by atoms with Crippen LogP contribution in [0, 0.1) is 5.92 Å². The Kier molecular flexibility index (Phi) is 5.01. The molecule has 0 aromatic heterocycles. The fraction of sp³-hybridized carbons (Fsp3) is 0.929. The zero-order valence-corrected chi connectivity index (χ0v) is 11.6. The molecule has 1 heterocycles. The van der Waals surface area contributed by atoms with Gasteiger partial charge in [-0.15, -0.1) is 0 Å². The Morgan fingerprint density at radius 1 is 1.44 bits per heavy atom. The molecular weight excluding hydrogens is 230 g/mol. The number of ether oxygens (including phenoxy) is 2. The van der Waals surface area contributed by atoms with Crippen LogP contribution in [0.3, 0.4) is 0 Å². The van der Waals surface area contributed by atoms with Crippen molar-refractivity contribution in [3.05, 3.63) is 0 Å². The Balaban J connectivity index is 2.01. The van der Waals surface area contributed by atoms with E-state index in [9.17, 15) is 4.79 Å². The van der Waals surface area contributed by atoms with Gasteiger partial charge in [0.15, 0.2) is 0 Å². The van der Waals surface area contributed by atoms with E-state index in [0.717, 1.165) is 19.1 Å². The predicted molar refractivity (Wildman–Crippen MR) is 69.4 cm³/mol. The molecule has 0 bridgehead atoms. The summed E-state index contributed by atoms with van der Waals surface area (Å²) in [6.45, 7) is 4.35. The van der Waals surface area contributed by atoms with Crippen molar-refractivity contribution < 1.29 is 14.3 Å². The maximum Gasteiger partial charge on any atom is 0.325 e. The Hall–Kier alpha value is -0.610. The largest absolute Gasteiger partial charge is 0.468 e. The fourth-order valence-corrected chi connectivity index (χ4v) is 3.33. The number of carbonyl (C=O) groups excluding carboxylic acids is 1. The van der Waals surface area contributed by atoms with Crippen molar-refractivity contribution in [2.24, 2.45) is 5.92 Å². The number of rotatable bonds is 3. The lowest BCUT2D eigenvalue weighted by atomic mass is 9.83. The summed E-state index contributed by atoms with van der Waals surface area (Å²) in [6.07, 6.45) is 6.33. The summed E-state index contributed by atoms with van der Waals surface area (Å²) in [5.41, 5.74) is 0. The van der Waals surface area contributed by atoms with Gasteiger partial charge < -0.3 is 9.47 Å². The van der Waals surface area contributed by atoms with Crippen LogP contribution in [0.15, 0.2) is 0 Å². The maximum atomic E-state index is 11.8. The number of hydrogen-bond acceptors (Lipinski definition) is 4. The first kappa shape index (κ1) is 13.8. The minimum absolute atomic E-state index is 0.145. The Morgan fingerprint density at radius 3 is 3.00 bits per heavy atom. The van der Waals surface area contributed by atoms with Crippen LogP contribution < -0.4 is 0 Å². The van der Waals surface area contributed by atoms with E-state index in [1.54, 1.807) is 0 Å². The third kappa shape index (κ3) is 3.04. The molecular formula is C14H25NO3. The third-order valence-electron chi connectivity index (χ3n) is 4.44. The van der Waals surface area contributed by atoms with Crippen LogP contribution in [0.2, 0.25) is 0 Å². The summed E-state index contributed by atoms with van der Waals surface area (Å²) in [5.74, 6) is 0.679. The molecule has 2 rings (SSSR count). The highest BCUT2D eigenvalue weighted by Crippen LogP contribution is 2.31. The van der Waals surface area contributed by atoms with Crippen molar-refractivity contribution in [1.29, 1.82) is 0 Å². The molecule has 0 radical (unpaired) electrons. The number of hydrogen-bond donors (Lipinski definition) is 0. The van der Waals surface area contributed by atoms with Gasteiger partial charge in [-0.25, -0.2) is 0 Å². The smallest absolute Gasteiger partial charge is 0.325 e. The van der Waals surface area contributed by atoms with Crippen LogP contribution in [-0.4, -0.2) is 49.8 Å². The number of methoxy groups -OCH3 is 1. The van der Waals surface area contributed by atoms with Gasteiger partial charge in [0, 0.05) is 12.6 Å². The molecule has 4 nitrogen and oxygen atoms in total. The van der Waals surface area contributed by atoms with E-state index in [2.05, 4.69) is 11.8 Å². The quantitative estimate of drug-likeness (QED) is 0.721. The van der Waals surface area contributed by atoms with Gasteiger partial charge in [-0.2, -0.15) is 0 Å². The fourth-order valence-electron chi connectivity index (χ4n) is 3.33. The summed E-state index contributed by atoms with van der Waals surface area (Å²) >= 11 is 0. The standard InChI is InChI=1S/C14H25NO3/c1-3-11-5-4-6-12(9-11)15-7-8-18-10-13(15)14(16)17-2/h11-13H,3-10H2,1-2H3. The molecule has 0 N–H and O–H groups in total. The monoisotopic (exact) mass is 255 g/mol. The second-order valence-corrected chi connectivity index (χ2v) is 5.45. The SMILES string of the molecule is CCC1CCCC(N2CCOCC2C(=O)OC)C1. The minimum Gasteiger partial charge on any atom is -0.468 e. The van der Waals surface area contributed by atoms with Gasteiger partial charge in [-0.1, -0.05) is 26.2 Å². The zero-order valence-electron chi connectivity index (χ0n) is 11.6. The highest BCUT2D eigenvalue weighted by atomic mass is 16.5. The molecule has 2 aliphatic rings. The van der Waals surface area contributed by atoms with Gasteiger partial charge in [-0.3, -0.25) is 9.69 Å². The first-order valence-electron chi connectivity index (χ1n) is 7.17. The van der Waals surface area contributed by atoms with Gasteiger partial charge in [-0.05, 0) is 18.8 Å². The van der Waals surface area contributed by atoms with Gasteiger partial charge in [0.25, 0.3) is 0 Å². The van der Waals surface area contributed by atoms with E-state index in [-0.39, 0.29) is 12.0 Å². The second kappa shape index (κ2) is 6.53. The van der Waals surface area contributed by atoms with E-state index in [1.165, 1.54) is 39.2 Å². The molecule has 1 saturated carbocycles. The lowest BCUT2D eigenvalue weighted by Gasteiger charge is -2.42. The number of carbonyl (C=O) groups is 1. The van der Waals surface area contributed by atoms with Gasteiger partial charge in [0.2, 0.25) is 0 Å². The summed E-state index contributed by atoms with van der Waals surface area (Å²) in [4.78, 5) is 14.2. The van der Waals surface area contributed by atoms with Crippen molar-refractivity contribution >= 4 is 5.97 Å². The van der Waals surface area contributed by atoms with Crippen molar-refractivity contribution in [2.75, 3.05) is 26.9 Å². The van der Waals surface area contributed by atoms with E-state index >= 15 is 0 Å². The highest BCUT2D eigenvalue weighted by molar-refractivity contribution is 5.76. The van der Waals surface area contributed by atoms with Gasteiger partial charge in [0.05, 0.1) is 20.3 Å². The summed E-state index contributed by atoms with van der Waals surface area (Å²) in [7, 11) is 1.46. The molecule has 3 unspecified atom stereocenters. The molecule has 104 valence electrons. The van der Waals surface area contributed by atoms with Crippen LogP contribution in [0.4, 0.5) is 0 Å². The van der Waals surface area contributed by atoms with E-state index in [1.807, 2.05) is 0 Å². The van der Waals surface area contributed by atoms with Crippen molar-refractivity contribution in [3.63, 3.8) is 0 Å². The summed E-state index contributed by atoms with van der Waals surface area (Å²) in [5, 5.41) is 0. The first-order chi connectivity index (χ1) is 8.76. The number of esters is 1. The first-order valence-corrected chi connectivity index (χ1v) is 7.17. The molecule has 0 amide bonds. The van der Waals surface area contributed by atoms with Crippen LogP contribution in [0.25, 0.3) is 0 Å². The molecule has 0 spiro atoms. The van der Waals surface area contributed by atoms with Crippen LogP contribution in [-0.2, 0) is 14.3 Å². The van der Waals surface area contributed by atoms with Gasteiger partial charge >= 0.3 is 5.97 Å². The molecule has 0 aromatic rings. The average molecular weight is 255 g/mol. The molecule has 2 fully saturated rings. The van der Waals surface area contributed by atoms with Gasteiger partial charge in [0.1, 0.15) is 6.04 Å². The van der Waals surface area contributed by atoms with Crippen LogP contribution in [0.5, 0.6) is 0 Å². The van der Waals surface area contributed by atoms with Crippen LogP contribution >= 0.6 is 0 Å². The van der Waals surface area contributed by atoms with Crippen molar-refractivity contribution in [2.45, 2.75) is 51.1 Å². The third-order valence-corrected chi connectivity index (χ3v) is 4.44. The summed E-state index contributed by atoms with van der Waals surface area (Å²) in [6, 6.07) is 0.348. The molecule has 18 heavy (non-hydrogen) atoms. The normalized spacial score (nSPS) is 34.2. The Morgan fingerprint density at radius 2 is 2.28 bits per heavy atom. The number of morpholine rings is 1. The lowest BCUT2D eigenvalue weighted by molar-refractivity contribution is -0.156. The summed E-state index contributed by atoms with van der Waals surface area (Å²) < 4.78 is 10.3. The van der Waals surface area contributed by atoms with Crippen molar-refractivity contribution in [1.82, 2.24) is 4.90 Å². The Bertz CT molecular complexity index is 282. The molecule has 1 saturated heterocycles. The van der Waals surface area contributed by atoms with E-state index in [4.69, 9.17) is 9.47 Å². The number of nitrogens with zero attached hydrogens (tertiary/aromatic N) is 1.